The summed E-state index contributed by atoms with van der Waals surface area (Å²) in [5.41, 5.74) is 1.10. The summed E-state index contributed by atoms with van der Waals surface area (Å²) in [6, 6.07) is 8.04. The van der Waals surface area contributed by atoms with Crippen LogP contribution in [0.25, 0.3) is 0 Å². The molecule has 86 valence electrons. The first-order valence-corrected chi connectivity index (χ1v) is 5.55. The second-order valence-corrected chi connectivity index (χ2v) is 4.19. The SMILES string of the molecule is COc1ccccc1[C@H]1COC(C(C)C)=N1. The number of ether oxygens (including phenoxy) is 2. The molecular weight excluding hydrogens is 202 g/mol. The highest BCUT2D eigenvalue weighted by Gasteiger charge is 2.24. The van der Waals surface area contributed by atoms with E-state index in [2.05, 4.69) is 18.8 Å². The van der Waals surface area contributed by atoms with Crippen molar-refractivity contribution in [2.75, 3.05) is 13.7 Å². The maximum atomic E-state index is 5.58. The van der Waals surface area contributed by atoms with Gasteiger partial charge in [-0.1, -0.05) is 32.0 Å². The van der Waals surface area contributed by atoms with Crippen molar-refractivity contribution in [3.05, 3.63) is 29.8 Å². The lowest BCUT2D eigenvalue weighted by Gasteiger charge is -2.10. The molecule has 1 heterocycles. The Labute approximate surface area is 96.1 Å². The van der Waals surface area contributed by atoms with E-state index in [0.29, 0.717) is 12.5 Å². The van der Waals surface area contributed by atoms with Crippen LogP contribution in [0.15, 0.2) is 29.3 Å². The molecule has 1 atom stereocenters. The van der Waals surface area contributed by atoms with E-state index >= 15 is 0 Å². The first-order chi connectivity index (χ1) is 7.72. The number of para-hydroxylation sites is 1. The highest BCUT2D eigenvalue weighted by molar-refractivity contribution is 5.79. The first kappa shape index (κ1) is 11.0. The van der Waals surface area contributed by atoms with Gasteiger partial charge in [0.15, 0.2) is 5.90 Å². The summed E-state index contributed by atoms with van der Waals surface area (Å²) in [7, 11) is 1.68. The van der Waals surface area contributed by atoms with E-state index in [4.69, 9.17) is 9.47 Å². The van der Waals surface area contributed by atoms with Gasteiger partial charge >= 0.3 is 0 Å². The molecule has 0 saturated carbocycles. The minimum Gasteiger partial charge on any atom is -0.496 e. The van der Waals surface area contributed by atoms with Gasteiger partial charge in [0, 0.05) is 11.5 Å². The maximum absolute atomic E-state index is 5.58. The molecule has 3 nitrogen and oxygen atoms in total. The Morgan fingerprint density at radius 2 is 2.12 bits per heavy atom. The Kier molecular flexibility index (Phi) is 3.13. The standard InChI is InChI=1S/C13H17NO2/c1-9(2)13-14-11(8-16-13)10-6-4-5-7-12(10)15-3/h4-7,9,11H,8H2,1-3H3/t11-/m1/s1. The number of nitrogens with zero attached hydrogens (tertiary/aromatic N) is 1. The minimum absolute atomic E-state index is 0.0774. The molecule has 0 spiro atoms. The van der Waals surface area contributed by atoms with Crippen LogP contribution >= 0.6 is 0 Å². The van der Waals surface area contributed by atoms with E-state index in [9.17, 15) is 0 Å². The van der Waals surface area contributed by atoms with Crippen molar-refractivity contribution in [3.63, 3.8) is 0 Å². The Hall–Kier alpha value is -1.51. The van der Waals surface area contributed by atoms with Gasteiger partial charge in [0.2, 0.25) is 0 Å². The molecule has 16 heavy (non-hydrogen) atoms. The van der Waals surface area contributed by atoms with Gasteiger partial charge in [-0.25, -0.2) is 4.99 Å². The Morgan fingerprint density at radius 1 is 1.38 bits per heavy atom. The van der Waals surface area contributed by atoms with Crippen molar-refractivity contribution in [2.24, 2.45) is 10.9 Å². The van der Waals surface area contributed by atoms with Crippen LogP contribution < -0.4 is 4.74 Å². The normalized spacial score (nSPS) is 19.5. The predicted octanol–water partition coefficient (Wildman–Crippen LogP) is 2.82. The molecule has 0 N–H and O–H groups in total. The third kappa shape index (κ3) is 2.03. The fraction of sp³-hybridized carbons (Fsp3) is 0.462. The van der Waals surface area contributed by atoms with Gasteiger partial charge in [-0.05, 0) is 6.07 Å². The molecule has 1 aromatic rings. The van der Waals surface area contributed by atoms with Gasteiger partial charge in [0.1, 0.15) is 18.4 Å². The van der Waals surface area contributed by atoms with Crippen LogP contribution in [-0.2, 0) is 4.74 Å². The van der Waals surface area contributed by atoms with Crippen LogP contribution in [0.2, 0.25) is 0 Å². The van der Waals surface area contributed by atoms with Gasteiger partial charge in [-0.2, -0.15) is 0 Å². The summed E-state index contributed by atoms with van der Waals surface area (Å²) in [4.78, 5) is 4.58. The van der Waals surface area contributed by atoms with Crippen LogP contribution in [0.4, 0.5) is 0 Å². The molecular formula is C13H17NO2. The van der Waals surface area contributed by atoms with Crippen molar-refractivity contribution in [3.8, 4) is 5.75 Å². The van der Waals surface area contributed by atoms with Crippen molar-refractivity contribution in [2.45, 2.75) is 19.9 Å². The van der Waals surface area contributed by atoms with E-state index in [1.54, 1.807) is 7.11 Å². The fourth-order valence-corrected chi connectivity index (χ4v) is 1.81. The van der Waals surface area contributed by atoms with Gasteiger partial charge in [-0.15, -0.1) is 0 Å². The largest absolute Gasteiger partial charge is 0.496 e. The van der Waals surface area contributed by atoms with Gasteiger partial charge in [0.25, 0.3) is 0 Å². The molecule has 1 aromatic carbocycles. The van der Waals surface area contributed by atoms with Crippen LogP contribution in [-0.4, -0.2) is 19.6 Å². The van der Waals surface area contributed by atoms with Crippen LogP contribution in [0.1, 0.15) is 25.5 Å². The van der Waals surface area contributed by atoms with Crippen molar-refractivity contribution in [1.82, 2.24) is 0 Å². The highest BCUT2D eigenvalue weighted by atomic mass is 16.5. The Bertz CT molecular complexity index is 399. The zero-order valence-corrected chi connectivity index (χ0v) is 9.93. The van der Waals surface area contributed by atoms with Gasteiger partial charge in [-0.3, -0.25) is 0 Å². The molecule has 0 radical (unpaired) electrons. The summed E-state index contributed by atoms with van der Waals surface area (Å²) in [5.74, 6) is 2.07. The van der Waals surface area contributed by atoms with Crippen LogP contribution in [0, 0.1) is 5.92 Å². The topological polar surface area (TPSA) is 30.8 Å². The average Bonchev–Trinajstić information content (AvgIpc) is 2.78. The number of hydrogen-bond acceptors (Lipinski definition) is 3. The average molecular weight is 219 g/mol. The molecule has 0 unspecified atom stereocenters. The first-order valence-electron chi connectivity index (χ1n) is 5.55. The number of aliphatic imine (C=N–C) groups is 1. The molecule has 0 aromatic heterocycles. The van der Waals surface area contributed by atoms with E-state index in [-0.39, 0.29) is 6.04 Å². The lowest BCUT2D eigenvalue weighted by Crippen LogP contribution is -2.06. The van der Waals surface area contributed by atoms with Crippen molar-refractivity contribution < 1.29 is 9.47 Å². The predicted molar refractivity (Wildman–Crippen MR) is 64.0 cm³/mol. The summed E-state index contributed by atoms with van der Waals surface area (Å²) in [6.45, 7) is 4.79. The molecule has 0 saturated heterocycles. The number of hydrogen-bond donors (Lipinski definition) is 0. The van der Waals surface area contributed by atoms with E-state index in [1.807, 2.05) is 24.3 Å². The monoisotopic (exact) mass is 219 g/mol. The minimum atomic E-state index is 0.0774. The van der Waals surface area contributed by atoms with Gasteiger partial charge in [0.05, 0.1) is 7.11 Å². The second kappa shape index (κ2) is 4.56. The number of rotatable bonds is 3. The van der Waals surface area contributed by atoms with Crippen molar-refractivity contribution in [1.29, 1.82) is 0 Å². The van der Waals surface area contributed by atoms with E-state index in [0.717, 1.165) is 17.2 Å². The van der Waals surface area contributed by atoms with E-state index in [1.165, 1.54) is 0 Å². The molecule has 0 fully saturated rings. The molecule has 2 rings (SSSR count). The quantitative estimate of drug-likeness (QED) is 0.782. The number of benzene rings is 1. The summed E-state index contributed by atoms with van der Waals surface area (Å²) in [5, 5.41) is 0. The second-order valence-electron chi connectivity index (χ2n) is 4.19. The fourth-order valence-electron chi connectivity index (χ4n) is 1.81. The maximum Gasteiger partial charge on any atom is 0.186 e. The third-order valence-corrected chi connectivity index (χ3v) is 2.66. The van der Waals surface area contributed by atoms with E-state index < -0.39 is 0 Å². The molecule has 1 aliphatic heterocycles. The summed E-state index contributed by atoms with van der Waals surface area (Å²) >= 11 is 0. The number of methoxy groups -OCH3 is 1. The van der Waals surface area contributed by atoms with Crippen LogP contribution in [0.3, 0.4) is 0 Å². The summed E-state index contributed by atoms with van der Waals surface area (Å²) in [6.07, 6.45) is 0. The highest BCUT2D eigenvalue weighted by Crippen LogP contribution is 2.31. The Morgan fingerprint density at radius 3 is 2.75 bits per heavy atom. The van der Waals surface area contributed by atoms with Crippen LogP contribution in [0.5, 0.6) is 5.75 Å². The smallest absolute Gasteiger partial charge is 0.186 e. The molecule has 0 aliphatic carbocycles. The lowest BCUT2D eigenvalue weighted by atomic mass is 10.1. The van der Waals surface area contributed by atoms with Gasteiger partial charge < -0.3 is 9.47 Å². The van der Waals surface area contributed by atoms with Crippen molar-refractivity contribution >= 4 is 5.90 Å². The molecule has 0 bridgehead atoms. The Balaban J connectivity index is 2.26. The zero-order chi connectivity index (χ0) is 11.5. The summed E-state index contributed by atoms with van der Waals surface area (Å²) < 4.78 is 10.9. The lowest BCUT2D eigenvalue weighted by molar-refractivity contribution is 0.300. The molecule has 0 amide bonds. The molecule has 3 heteroatoms. The third-order valence-electron chi connectivity index (χ3n) is 2.66. The zero-order valence-electron chi connectivity index (χ0n) is 9.93. The molecule has 1 aliphatic rings.